The smallest absolute Gasteiger partial charge is 0.267 e. The summed E-state index contributed by atoms with van der Waals surface area (Å²) < 4.78 is 1.96. The van der Waals surface area contributed by atoms with E-state index in [-0.39, 0.29) is 5.69 Å². The second kappa shape index (κ2) is 7.90. The predicted molar refractivity (Wildman–Crippen MR) is 98.9 cm³/mol. The zero-order valence-electron chi connectivity index (χ0n) is 14.4. The standard InChI is InChI=1S/C19H23N5O/c1-21-9-4-2-3-5-14-11-15-8-10-24(19(15)23-12-14)16-6-7-17(18(20)25)22-13-16/h6-8,10-13,21H,2-5,9H2,1H3,(H2,20,25). The van der Waals surface area contributed by atoms with Crippen LogP contribution in [0.1, 0.15) is 35.3 Å². The number of nitrogens with one attached hydrogen (secondary N) is 1. The Morgan fingerprint density at radius 2 is 2.04 bits per heavy atom. The summed E-state index contributed by atoms with van der Waals surface area (Å²) >= 11 is 0. The van der Waals surface area contributed by atoms with Crippen LogP contribution in [0.3, 0.4) is 0 Å². The number of primary amides is 1. The molecule has 0 atom stereocenters. The van der Waals surface area contributed by atoms with Crippen LogP contribution < -0.4 is 11.1 Å². The number of aromatic nitrogens is 3. The van der Waals surface area contributed by atoms with Crippen molar-refractivity contribution in [2.24, 2.45) is 5.73 Å². The summed E-state index contributed by atoms with van der Waals surface area (Å²) in [5, 5.41) is 4.28. The van der Waals surface area contributed by atoms with Crippen molar-refractivity contribution in [2.75, 3.05) is 13.6 Å². The van der Waals surface area contributed by atoms with Crippen molar-refractivity contribution in [2.45, 2.75) is 25.7 Å². The fourth-order valence-corrected chi connectivity index (χ4v) is 2.90. The second-order valence-electron chi connectivity index (χ2n) is 6.12. The van der Waals surface area contributed by atoms with Gasteiger partial charge >= 0.3 is 0 Å². The average molecular weight is 337 g/mol. The van der Waals surface area contributed by atoms with E-state index < -0.39 is 5.91 Å². The maximum Gasteiger partial charge on any atom is 0.267 e. The van der Waals surface area contributed by atoms with Gasteiger partial charge in [0.05, 0.1) is 11.9 Å². The summed E-state index contributed by atoms with van der Waals surface area (Å²) in [5.74, 6) is -0.526. The van der Waals surface area contributed by atoms with Crippen molar-refractivity contribution in [3.05, 3.63) is 54.1 Å². The van der Waals surface area contributed by atoms with Crippen molar-refractivity contribution in [3.63, 3.8) is 0 Å². The topological polar surface area (TPSA) is 85.8 Å². The van der Waals surface area contributed by atoms with Crippen molar-refractivity contribution in [1.82, 2.24) is 19.9 Å². The SMILES string of the molecule is CNCCCCCc1cnc2c(ccn2-c2ccc(C(N)=O)nc2)c1. The highest BCUT2D eigenvalue weighted by molar-refractivity contribution is 5.90. The Morgan fingerprint density at radius 3 is 2.76 bits per heavy atom. The molecule has 6 nitrogen and oxygen atoms in total. The predicted octanol–water partition coefficient (Wildman–Crippen LogP) is 2.45. The molecule has 25 heavy (non-hydrogen) atoms. The first-order valence-corrected chi connectivity index (χ1v) is 8.56. The maximum absolute atomic E-state index is 11.1. The summed E-state index contributed by atoms with van der Waals surface area (Å²) in [6, 6.07) is 7.70. The van der Waals surface area contributed by atoms with Gasteiger partial charge in [0.15, 0.2) is 0 Å². The highest BCUT2D eigenvalue weighted by atomic mass is 16.1. The zero-order chi connectivity index (χ0) is 17.6. The largest absolute Gasteiger partial charge is 0.364 e. The minimum atomic E-state index is -0.526. The molecule has 0 spiro atoms. The van der Waals surface area contributed by atoms with Crippen LogP contribution in [-0.4, -0.2) is 34.0 Å². The Morgan fingerprint density at radius 1 is 1.16 bits per heavy atom. The van der Waals surface area contributed by atoms with Crippen LogP contribution in [0, 0.1) is 0 Å². The van der Waals surface area contributed by atoms with Crippen LogP contribution in [0.15, 0.2) is 42.9 Å². The molecule has 0 saturated carbocycles. The third-order valence-corrected chi connectivity index (χ3v) is 4.25. The third kappa shape index (κ3) is 4.03. The number of nitrogens with zero attached hydrogens (tertiary/aromatic N) is 3. The molecule has 3 N–H and O–H groups in total. The van der Waals surface area contributed by atoms with E-state index in [4.69, 9.17) is 5.73 Å². The van der Waals surface area contributed by atoms with Gasteiger partial charge in [0, 0.05) is 17.8 Å². The van der Waals surface area contributed by atoms with Crippen molar-refractivity contribution in [1.29, 1.82) is 0 Å². The van der Waals surface area contributed by atoms with Gasteiger partial charge in [0.1, 0.15) is 11.3 Å². The lowest BCUT2D eigenvalue weighted by molar-refractivity contribution is 0.0995. The van der Waals surface area contributed by atoms with Gasteiger partial charge in [-0.1, -0.05) is 6.42 Å². The monoisotopic (exact) mass is 337 g/mol. The van der Waals surface area contributed by atoms with Crippen molar-refractivity contribution in [3.8, 4) is 5.69 Å². The van der Waals surface area contributed by atoms with Crippen LogP contribution in [0.25, 0.3) is 16.7 Å². The number of carbonyl (C=O) groups is 1. The van der Waals surface area contributed by atoms with E-state index in [1.807, 2.05) is 30.1 Å². The minimum Gasteiger partial charge on any atom is -0.364 e. The number of hydrogen-bond acceptors (Lipinski definition) is 4. The molecule has 0 fully saturated rings. The van der Waals surface area contributed by atoms with E-state index in [2.05, 4.69) is 27.4 Å². The molecule has 1 amide bonds. The van der Waals surface area contributed by atoms with Gasteiger partial charge in [-0.15, -0.1) is 0 Å². The molecule has 6 heteroatoms. The van der Waals surface area contributed by atoms with Crippen molar-refractivity contribution < 1.29 is 4.79 Å². The number of carbonyl (C=O) groups excluding carboxylic acids is 1. The Kier molecular flexibility index (Phi) is 5.40. The van der Waals surface area contributed by atoms with Crippen LogP contribution in [0.5, 0.6) is 0 Å². The molecular formula is C19H23N5O. The van der Waals surface area contributed by atoms with E-state index in [0.29, 0.717) is 0 Å². The average Bonchev–Trinajstić information content (AvgIpc) is 3.05. The lowest BCUT2D eigenvalue weighted by Gasteiger charge is -2.06. The van der Waals surface area contributed by atoms with Crippen molar-refractivity contribution >= 4 is 16.9 Å². The van der Waals surface area contributed by atoms with E-state index in [0.717, 1.165) is 29.7 Å². The van der Waals surface area contributed by atoms with Crippen LogP contribution in [0.4, 0.5) is 0 Å². The molecule has 0 aliphatic carbocycles. The lowest BCUT2D eigenvalue weighted by Crippen LogP contribution is -2.12. The van der Waals surface area contributed by atoms with E-state index in [9.17, 15) is 4.79 Å². The number of unbranched alkanes of at least 4 members (excludes halogenated alkanes) is 2. The molecule has 3 heterocycles. The number of aryl methyl sites for hydroxylation is 1. The van der Waals surface area contributed by atoms with Gasteiger partial charge in [-0.25, -0.2) is 9.97 Å². The molecule has 0 radical (unpaired) electrons. The first-order chi connectivity index (χ1) is 12.2. The van der Waals surface area contributed by atoms with E-state index in [1.54, 1.807) is 12.3 Å². The van der Waals surface area contributed by atoms with Gasteiger partial charge in [-0.3, -0.25) is 9.36 Å². The fourth-order valence-electron chi connectivity index (χ4n) is 2.90. The molecule has 130 valence electrons. The molecule has 0 bridgehead atoms. The first-order valence-electron chi connectivity index (χ1n) is 8.56. The summed E-state index contributed by atoms with van der Waals surface area (Å²) in [6.45, 7) is 1.07. The molecule has 3 aromatic heterocycles. The lowest BCUT2D eigenvalue weighted by atomic mass is 10.1. The van der Waals surface area contributed by atoms with Crippen LogP contribution in [-0.2, 0) is 6.42 Å². The molecule has 0 saturated heterocycles. The molecule has 0 aromatic carbocycles. The Bertz CT molecular complexity index is 854. The Balaban J connectivity index is 1.74. The van der Waals surface area contributed by atoms with Crippen LogP contribution >= 0.6 is 0 Å². The molecule has 0 unspecified atom stereocenters. The molecule has 3 rings (SSSR count). The zero-order valence-corrected chi connectivity index (χ0v) is 14.4. The quantitative estimate of drug-likeness (QED) is 0.618. The highest BCUT2D eigenvalue weighted by Crippen LogP contribution is 2.20. The summed E-state index contributed by atoms with van der Waals surface area (Å²) in [6.07, 6.45) is 10.2. The molecule has 3 aromatic rings. The molecular weight excluding hydrogens is 314 g/mol. The molecule has 0 aliphatic rings. The fraction of sp³-hybridized carbons (Fsp3) is 0.316. The van der Waals surface area contributed by atoms with Gasteiger partial charge in [0.25, 0.3) is 5.91 Å². The van der Waals surface area contributed by atoms with Gasteiger partial charge in [-0.2, -0.15) is 0 Å². The Hall–Kier alpha value is -2.73. The maximum atomic E-state index is 11.1. The Labute approximate surface area is 147 Å². The van der Waals surface area contributed by atoms with E-state index in [1.165, 1.54) is 24.8 Å². The number of amides is 1. The number of pyridine rings is 2. The minimum absolute atomic E-state index is 0.258. The summed E-state index contributed by atoms with van der Waals surface area (Å²) in [5.41, 5.74) is 8.49. The second-order valence-corrected chi connectivity index (χ2v) is 6.12. The van der Waals surface area contributed by atoms with E-state index >= 15 is 0 Å². The first kappa shape index (κ1) is 17.1. The normalized spacial score (nSPS) is 11.1. The number of fused-ring (bicyclic) bond motifs is 1. The molecule has 0 aliphatic heterocycles. The number of rotatable bonds is 8. The third-order valence-electron chi connectivity index (χ3n) is 4.25. The van der Waals surface area contributed by atoms with Gasteiger partial charge < -0.3 is 11.1 Å². The summed E-state index contributed by atoms with van der Waals surface area (Å²) in [7, 11) is 1.99. The number of nitrogens with two attached hydrogens (primary N) is 1. The summed E-state index contributed by atoms with van der Waals surface area (Å²) in [4.78, 5) is 19.8. The number of hydrogen-bond donors (Lipinski definition) is 2. The highest BCUT2D eigenvalue weighted by Gasteiger charge is 2.08. The van der Waals surface area contributed by atoms with Gasteiger partial charge in [-0.05, 0) is 62.7 Å². The van der Waals surface area contributed by atoms with Crippen LogP contribution in [0.2, 0.25) is 0 Å². The van der Waals surface area contributed by atoms with Gasteiger partial charge in [0.2, 0.25) is 0 Å².